The van der Waals surface area contributed by atoms with Crippen molar-refractivity contribution in [1.29, 1.82) is 0 Å². The molecule has 0 radical (unpaired) electrons. The van der Waals surface area contributed by atoms with Gasteiger partial charge in [-0.15, -0.1) is 5.10 Å². The molecule has 3 heterocycles. The van der Waals surface area contributed by atoms with E-state index in [0.29, 0.717) is 12.1 Å². The first-order valence-corrected chi connectivity index (χ1v) is 12.9. The molecule has 0 amide bonds. The number of aromatic nitrogens is 4. The largest absolute Gasteiger partial charge is 0.394 e. The third-order valence-corrected chi connectivity index (χ3v) is 6.91. The highest BCUT2D eigenvalue weighted by Crippen LogP contribution is 2.27. The Labute approximate surface area is 214 Å². The molecule has 2 atom stereocenters. The Balaban J connectivity index is 1.33. The Morgan fingerprint density at radius 1 is 1.19 bits per heavy atom. The van der Waals surface area contributed by atoms with Crippen LogP contribution in [0.1, 0.15) is 73.5 Å². The summed E-state index contributed by atoms with van der Waals surface area (Å²) in [5.41, 5.74) is 7.62. The molecule has 8 heteroatoms. The lowest BCUT2D eigenvalue weighted by Crippen LogP contribution is -2.27. The average Bonchev–Trinajstić information content (AvgIpc) is 3.30. The monoisotopic (exact) mass is 490 g/mol. The Morgan fingerprint density at radius 2 is 2.00 bits per heavy atom. The lowest BCUT2D eigenvalue weighted by atomic mass is 10.1. The smallest absolute Gasteiger partial charge is 0.169 e. The van der Waals surface area contributed by atoms with Gasteiger partial charge in [0.1, 0.15) is 5.69 Å². The number of aliphatic hydroxyl groups is 1. The summed E-state index contributed by atoms with van der Waals surface area (Å²) >= 11 is 0. The molecule has 0 aliphatic carbocycles. The quantitative estimate of drug-likeness (QED) is 0.326. The molecular weight excluding hydrogens is 452 g/mol. The number of pyridine rings is 1. The van der Waals surface area contributed by atoms with Crippen LogP contribution in [0, 0.1) is 13.8 Å². The van der Waals surface area contributed by atoms with Gasteiger partial charge in [-0.05, 0) is 70.6 Å². The third-order valence-electron chi connectivity index (χ3n) is 6.91. The lowest BCUT2D eigenvalue weighted by molar-refractivity contribution is 0.0685. The molecule has 3 aromatic rings. The predicted octanol–water partition coefficient (Wildman–Crippen LogP) is 4.75. The Kier molecular flexibility index (Phi) is 8.70. The molecule has 0 bridgehead atoms. The fourth-order valence-electron chi connectivity index (χ4n) is 4.49. The average molecular weight is 491 g/mol. The SMILES string of the molecule is CC(CCN1CCCCc2nc(C)c(C)cc21)=NO[C@H](C)c1cn([C@H](CO)Cc2ccccc2)nn1. The first kappa shape index (κ1) is 25.8. The highest BCUT2D eigenvalue weighted by Gasteiger charge is 2.19. The number of anilines is 1. The Bertz CT molecular complexity index is 1160. The summed E-state index contributed by atoms with van der Waals surface area (Å²) in [5, 5.41) is 22.8. The molecule has 2 aromatic heterocycles. The van der Waals surface area contributed by atoms with Crippen molar-refractivity contribution in [3.63, 3.8) is 0 Å². The van der Waals surface area contributed by atoms with Crippen LogP contribution >= 0.6 is 0 Å². The van der Waals surface area contributed by atoms with E-state index in [9.17, 15) is 5.11 Å². The van der Waals surface area contributed by atoms with E-state index in [4.69, 9.17) is 9.82 Å². The molecule has 0 saturated carbocycles. The summed E-state index contributed by atoms with van der Waals surface area (Å²) in [6.07, 6.45) is 6.40. The van der Waals surface area contributed by atoms with E-state index in [0.717, 1.165) is 42.9 Å². The van der Waals surface area contributed by atoms with Gasteiger partial charge in [-0.25, -0.2) is 4.68 Å². The molecule has 8 nitrogen and oxygen atoms in total. The second-order valence-electron chi connectivity index (χ2n) is 9.77. The maximum atomic E-state index is 9.89. The van der Waals surface area contributed by atoms with E-state index in [1.54, 1.807) is 4.68 Å². The van der Waals surface area contributed by atoms with Gasteiger partial charge in [-0.1, -0.05) is 40.7 Å². The van der Waals surface area contributed by atoms with Crippen molar-refractivity contribution in [2.45, 2.75) is 71.9 Å². The molecule has 4 rings (SSSR count). The highest BCUT2D eigenvalue weighted by atomic mass is 16.6. The highest BCUT2D eigenvalue weighted by molar-refractivity contribution is 5.81. The van der Waals surface area contributed by atoms with Gasteiger partial charge in [-0.2, -0.15) is 0 Å². The molecule has 36 heavy (non-hydrogen) atoms. The van der Waals surface area contributed by atoms with Crippen LogP contribution in [0.25, 0.3) is 0 Å². The van der Waals surface area contributed by atoms with Gasteiger partial charge >= 0.3 is 0 Å². The van der Waals surface area contributed by atoms with Crippen molar-refractivity contribution in [2.24, 2.45) is 5.16 Å². The number of nitrogens with zero attached hydrogens (tertiary/aromatic N) is 6. The van der Waals surface area contributed by atoms with Gasteiger partial charge < -0.3 is 14.8 Å². The maximum Gasteiger partial charge on any atom is 0.169 e. The zero-order valence-electron chi connectivity index (χ0n) is 21.9. The molecule has 0 unspecified atom stereocenters. The van der Waals surface area contributed by atoms with Gasteiger partial charge in [0.15, 0.2) is 6.10 Å². The molecule has 1 aliphatic rings. The van der Waals surface area contributed by atoms with Gasteiger partial charge in [0.2, 0.25) is 0 Å². The first-order valence-electron chi connectivity index (χ1n) is 12.9. The maximum absolute atomic E-state index is 9.89. The number of aryl methyl sites for hydroxylation is 3. The molecular formula is C28H38N6O2. The summed E-state index contributed by atoms with van der Waals surface area (Å²) in [5.74, 6) is 0. The number of hydrogen-bond acceptors (Lipinski definition) is 7. The normalized spacial score (nSPS) is 15.8. The molecule has 1 N–H and O–H groups in total. The van der Waals surface area contributed by atoms with E-state index in [1.807, 2.05) is 50.4 Å². The van der Waals surface area contributed by atoms with Gasteiger partial charge in [0.05, 0.1) is 35.9 Å². The summed E-state index contributed by atoms with van der Waals surface area (Å²) < 4.78 is 1.72. The van der Waals surface area contributed by atoms with Crippen molar-refractivity contribution in [3.05, 3.63) is 70.8 Å². The summed E-state index contributed by atoms with van der Waals surface area (Å²) in [7, 11) is 0. The zero-order valence-corrected chi connectivity index (χ0v) is 21.9. The van der Waals surface area contributed by atoms with Gasteiger partial charge in [0, 0.05) is 25.2 Å². The van der Waals surface area contributed by atoms with Crippen LogP contribution in [0.3, 0.4) is 0 Å². The third kappa shape index (κ3) is 6.49. The Morgan fingerprint density at radius 3 is 2.78 bits per heavy atom. The minimum absolute atomic E-state index is 0.0154. The molecule has 0 saturated heterocycles. The number of fused-ring (bicyclic) bond motifs is 1. The van der Waals surface area contributed by atoms with Crippen LogP contribution in [-0.4, -0.2) is 50.5 Å². The number of rotatable bonds is 10. The minimum atomic E-state index is -0.335. The molecule has 1 aliphatic heterocycles. The lowest BCUT2D eigenvalue weighted by Gasteiger charge is -2.25. The van der Waals surface area contributed by atoms with E-state index in [-0.39, 0.29) is 18.8 Å². The van der Waals surface area contributed by atoms with Crippen molar-refractivity contribution >= 4 is 11.4 Å². The van der Waals surface area contributed by atoms with Crippen LogP contribution < -0.4 is 4.90 Å². The molecule has 0 fully saturated rings. The van der Waals surface area contributed by atoms with Crippen LogP contribution in [0.4, 0.5) is 5.69 Å². The van der Waals surface area contributed by atoms with Crippen LogP contribution in [-0.2, 0) is 17.7 Å². The molecule has 192 valence electrons. The topological polar surface area (TPSA) is 88.7 Å². The summed E-state index contributed by atoms with van der Waals surface area (Å²) in [6, 6.07) is 12.2. The number of benzene rings is 1. The fraction of sp³-hybridized carbons (Fsp3) is 0.500. The van der Waals surface area contributed by atoms with Crippen molar-refractivity contribution in [2.75, 3.05) is 24.6 Å². The summed E-state index contributed by atoms with van der Waals surface area (Å²) in [4.78, 5) is 13.1. The zero-order chi connectivity index (χ0) is 25.5. The number of aliphatic hydroxyl groups excluding tert-OH is 1. The minimum Gasteiger partial charge on any atom is -0.394 e. The standard InChI is InChI=1S/C28H38N6O2/c1-20-16-28-26(29-22(20)3)12-8-9-14-33(28)15-13-21(2)31-36-23(4)27-18-34(32-30-27)25(19-35)17-24-10-6-5-7-11-24/h5-7,10-11,16,18,23,25,35H,8-9,12-15,17,19H2,1-4H3/t23-,25+/m1/s1. The fourth-order valence-corrected chi connectivity index (χ4v) is 4.49. The number of oxime groups is 1. The first-order chi connectivity index (χ1) is 17.4. The van der Waals surface area contributed by atoms with Crippen molar-refractivity contribution in [1.82, 2.24) is 20.0 Å². The molecule has 0 spiro atoms. The predicted molar refractivity (Wildman–Crippen MR) is 142 cm³/mol. The van der Waals surface area contributed by atoms with E-state index < -0.39 is 0 Å². The molecule has 1 aromatic carbocycles. The van der Waals surface area contributed by atoms with E-state index in [2.05, 4.69) is 40.3 Å². The van der Waals surface area contributed by atoms with Crippen LogP contribution in [0.5, 0.6) is 0 Å². The van der Waals surface area contributed by atoms with Crippen LogP contribution in [0.15, 0.2) is 47.8 Å². The van der Waals surface area contributed by atoms with E-state index >= 15 is 0 Å². The van der Waals surface area contributed by atoms with Gasteiger partial charge in [0.25, 0.3) is 0 Å². The van der Waals surface area contributed by atoms with Crippen molar-refractivity contribution < 1.29 is 9.94 Å². The van der Waals surface area contributed by atoms with Gasteiger partial charge in [-0.3, -0.25) is 4.98 Å². The second kappa shape index (κ2) is 12.1. The number of hydrogen-bond donors (Lipinski definition) is 1. The Hall–Kier alpha value is -3.26. The van der Waals surface area contributed by atoms with Crippen LogP contribution in [0.2, 0.25) is 0 Å². The van der Waals surface area contributed by atoms with E-state index in [1.165, 1.54) is 29.8 Å². The van der Waals surface area contributed by atoms with Crippen molar-refractivity contribution in [3.8, 4) is 0 Å². The summed E-state index contributed by atoms with van der Waals surface area (Å²) in [6.45, 7) is 10.1. The second-order valence-corrected chi connectivity index (χ2v) is 9.77.